The van der Waals surface area contributed by atoms with E-state index < -0.39 is 0 Å². The lowest BCUT2D eigenvalue weighted by atomic mass is 10.2. The van der Waals surface area contributed by atoms with Crippen LogP contribution < -0.4 is 15.6 Å². The number of hydrogen-bond donors (Lipinski definition) is 1. The van der Waals surface area contributed by atoms with Crippen molar-refractivity contribution in [3.63, 3.8) is 0 Å². The average Bonchev–Trinajstić information content (AvgIpc) is 2.49. The summed E-state index contributed by atoms with van der Waals surface area (Å²) in [6.07, 6.45) is 0.862. The van der Waals surface area contributed by atoms with E-state index in [1.54, 1.807) is 11.6 Å². The van der Waals surface area contributed by atoms with E-state index in [4.69, 9.17) is 4.74 Å². The van der Waals surface area contributed by atoms with Gasteiger partial charge in [0, 0.05) is 24.5 Å². The molecule has 0 bridgehead atoms. The van der Waals surface area contributed by atoms with Crippen molar-refractivity contribution in [3.8, 4) is 5.75 Å². The van der Waals surface area contributed by atoms with Crippen molar-refractivity contribution in [2.45, 2.75) is 26.3 Å². The first-order valence-corrected chi connectivity index (χ1v) is 7.04. The number of aromatic nitrogens is 1. The lowest BCUT2D eigenvalue weighted by Gasteiger charge is -2.14. The number of rotatable bonds is 5. The predicted molar refractivity (Wildman–Crippen MR) is 82.6 cm³/mol. The number of nitrogens with zero attached hydrogens (tertiary/aromatic N) is 1. The Balaban J connectivity index is 2.21. The first-order valence-electron chi connectivity index (χ1n) is 7.04. The third-order valence-electron chi connectivity index (χ3n) is 3.49. The number of amides is 1. The normalized spacial score (nSPS) is 12.1. The number of ether oxygens (including phenoxy) is 1. The summed E-state index contributed by atoms with van der Waals surface area (Å²) >= 11 is 0. The lowest BCUT2D eigenvalue weighted by molar-refractivity contribution is -0.123. The Morgan fingerprint density at radius 2 is 2.10 bits per heavy atom. The van der Waals surface area contributed by atoms with Gasteiger partial charge in [-0.1, -0.05) is 19.1 Å². The number of fused-ring (bicyclic) bond motifs is 1. The van der Waals surface area contributed by atoms with E-state index in [1.165, 1.54) is 6.07 Å². The van der Waals surface area contributed by atoms with Gasteiger partial charge in [-0.25, -0.2) is 0 Å². The lowest BCUT2D eigenvalue weighted by Crippen LogP contribution is -2.35. The fourth-order valence-corrected chi connectivity index (χ4v) is 2.06. The predicted octanol–water partition coefficient (Wildman–Crippen LogP) is 1.83. The number of carbonyl (C=O) groups is 1. The van der Waals surface area contributed by atoms with E-state index >= 15 is 0 Å². The van der Waals surface area contributed by atoms with E-state index in [0.29, 0.717) is 5.75 Å². The average molecular weight is 288 g/mol. The highest BCUT2D eigenvalue weighted by molar-refractivity contribution is 5.86. The van der Waals surface area contributed by atoms with Gasteiger partial charge in [-0.05, 0) is 25.5 Å². The monoisotopic (exact) mass is 288 g/mol. The summed E-state index contributed by atoms with van der Waals surface area (Å²) in [5.41, 5.74) is 0.619. The van der Waals surface area contributed by atoms with Gasteiger partial charge in [0.15, 0.2) is 6.61 Å². The number of hydrogen-bond acceptors (Lipinski definition) is 3. The molecule has 1 atom stereocenters. The summed E-state index contributed by atoms with van der Waals surface area (Å²) < 4.78 is 7.09. The number of aryl methyl sites for hydroxylation is 1. The third-order valence-corrected chi connectivity index (χ3v) is 3.49. The van der Waals surface area contributed by atoms with Gasteiger partial charge in [0.25, 0.3) is 11.5 Å². The van der Waals surface area contributed by atoms with Gasteiger partial charge in [0.2, 0.25) is 0 Å². The summed E-state index contributed by atoms with van der Waals surface area (Å²) in [7, 11) is 1.71. The van der Waals surface area contributed by atoms with E-state index in [1.807, 2.05) is 38.1 Å². The molecular formula is C16H20N2O3. The fraction of sp³-hybridized carbons (Fsp3) is 0.375. The van der Waals surface area contributed by atoms with Gasteiger partial charge < -0.3 is 14.6 Å². The SMILES string of the molecule is CC[C@H](C)NC(=O)COc1cc(=O)n(C)c2ccccc12. The minimum Gasteiger partial charge on any atom is -0.483 e. The zero-order valence-electron chi connectivity index (χ0n) is 12.6. The van der Waals surface area contributed by atoms with Crippen LogP contribution in [0.4, 0.5) is 0 Å². The van der Waals surface area contributed by atoms with Crippen LogP contribution in [0.2, 0.25) is 0 Å². The molecule has 0 saturated heterocycles. The van der Waals surface area contributed by atoms with Crippen LogP contribution in [0.1, 0.15) is 20.3 Å². The number of para-hydroxylation sites is 1. The van der Waals surface area contributed by atoms with Crippen molar-refractivity contribution >= 4 is 16.8 Å². The maximum atomic E-state index is 11.9. The molecule has 1 heterocycles. The van der Waals surface area contributed by atoms with Crippen LogP contribution in [-0.4, -0.2) is 23.1 Å². The van der Waals surface area contributed by atoms with Crippen LogP contribution in [0.25, 0.3) is 10.9 Å². The summed E-state index contributed by atoms with van der Waals surface area (Å²) in [6, 6.07) is 8.99. The van der Waals surface area contributed by atoms with Crippen molar-refractivity contribution in [3.05, 3.63) is 40.7 Å². The Kier molecular flexibility index (Phi) is 4.62. The van der Waals surface area contributed by atoms with Gasteiger partial charge in [0.1, 0.15) is 5.75 Å². The molecule has 1 aromatic heterocycles. The Morgan fingerprint density at radius 3 is 2.81 bits per heavy atom. The standard InChI is InChI=1S/C16H20N2O3/c1-4-11(2)17-15(19)10-21-14-9-16(20)18(3)13-8-6-5-7-12(13)14/h5-9,11H,4,10H2,1-3H3,(H,17,19)/t11-/m0/s1. The van der Waals surface area contributed by atoms with Crippen molar-refractivity contribution in [2.75, 3.05) is 6.61 Å². The van der Waals surface area contributed by atoms with Crippen LogP contribution in [0, 0.1) is 0 Å². The Hall–Kier alpha value is -2.30. The molecule has 5 heteroatoms. The third kappa shape index (κ3) is 3.42. The first kappa shape index (κ1) is 15.1. The Labute approximate surface area is 123 Å². The van der Waals surface area contributed by atoms with Crippen molar-refractivity contribution in [2.24, 2.45) is 7.05 Å². The molecular weight excluding hydrogens is 268 g/mol. The molecule has 2 rings (SSSR count). The second kappa shape index (κ2) is 6.43. The molecule has 112 valence electrons. The van der Waals surface area contributed by atoms with Crippen molar-refractivity contribution in [1.82, 2.24) is 9.88 Å². The highest BCUT2D eigenvalue weighted by atomic mass is 16.5. The van der Waals surface area contributed by atoms with Crippen LogP contribution in [0.5, 0.6) is 5.75 Å². The molecule has 0 radical (unpaired) electrons. The number of pyridine rings is 1. The first-order chi connectivity index (χ1) is 10.0. The van der Waals surface area contributed by atoms with Gasteiger partial charge in [-0.15, -0.1) is 0 Å². The zero-order valence-corrected chi connectivity index (χ0v) is 12.6. The molecule has 0 saturated carbocycles. The number of nitrogens with one attached hydrogen (secondary N) is 1. The topological polar surface area (TPSA) is 60.3 Å². The second-order valence-corrected chi connectivity index (χ2v) is 5.09. The fourth-order valence-electron chi connectivity index (χ4n) is 2.06. The molecule has 2 aromatic rings. The van der Waals surface area contributed by atoms with E-state index in [9.17, 15) is 9.59 Å². The smallest absolute Gasteiger partial charge is 0.258 e. The highest BCUT2D eigenvalue weighted by Gasteiger charge is 2.10. The van der Waals surface area contributed by atoms with Crippen LogP contribution >= 0.6 is 0 Å². The maximum absolute atomic E-state index is 11.9. The van der Waals surface area contributed by atoms with E-state index in [-0.39, 0.29) is 24.1 Å². The minimum atomic E-state index is -0.186. The molecule has 0 fully saturated rings. The molecule has 5 nitrogen and oxygen atoms in total. The van der Waals surface area contributed by atoms with E-state index in [2.05, 4.69) is 5.32 Å². The second-order valence-electron chi connectivity index (χ2n) is 5.09. The molecule has 0 spiro atoms. The van der Waals surface area contributed by atoms with Crippen LogP contribution in [0.15, 0.2) is 35.1 Å². The van der Waals surface area contributed by atoms with Gasteiger partial charge in [0.05, 0.1) is 5.52 Å². The number of benzene rings is 1. The summed E-state index contributed by atoms with van der Waals surface area (Å²) in [5.74, 6) is 0.252. The molecule has 0 unspecified atom stereocenters. The van der Waals surface area contributed by atoms with Gasteiger partial charge in [-0.3, -0.25) is 9.59 Å². The Morgan fingerprint density at radius 1 is 1.38 bits per heavy atom. The van der Waals surface area contributed by atoms with Gasteiger partial charge >= 0.3 is 0 Å². The Bertz CT molecular complexity index is 706. The molecule has 1 N–H and O–H groups in total. The minimum absolute atomic E-state index is 0.0957. The highest BCUT2D eigenvalue weighted by Crippen LogP contribution is 2.22. The quantitative estimate of drug-likeness (QED) is 0.913. The zero-order chi connectivity index (χ0) is 15.4. The van der Waals surface area contributed by atoms with Crippen LogP contribution in [-0.2, 0) is 11.8 Å². The van der Waals surface area contributed by atoms with Crippen LogP contribution in [0.3, 0.4) is 0 Å². The molecule has 0 aliphatic carbocycles. The van der Waals surface area contributed by atoms with Crippen molar-refractivity contribution in [1.29, 1.82) is 0 Å². The molecule has 0 aliphatic heterocycles. The van der Waals surface area contributed by atoms with Crippen molar-refractivity contribution < 1.29 is 9.53 Å². The van der Waals surface area contributed by atoms with E-state index in [0.717, 1.165) is 17.3 Å². The molecule has 1 amide bonds. The summed E-state index contributed by atoms with van der Waals surface area (Å²) in [6.45, 7) is 3.84. The largest absolute Gasteiger partial charge is 0.483 e. The maximum Gasteiger partial charge on any atom is 0.258 e. The number of carbonyl (C=O) groups excluding carboxylic acids is 1. The molecule has 21 heavy (non-hydrogen) atoms. The molecule has 0 aliphatic rings. The van der Waals surface area contributed by atoms with Gasteiger partial charge in [-0.2, -0.15) is 0 Å². The summed E-state index contributed by atoms with van der Waals surface area (Å²) in [5, 5.41) is 3.64. The summed E-state index contributed by atoms with van der Waals surface area (Å²) in [4.78, 5) is 23.7. The molecule has 1 aromatic carbocycles.